The third kappa shape index (κ3) is 4.72. The van der Waals surface area contributed by atoms with Gasteiger partial charge in [0.15, 0.2) is 11.5 Å². The summed E-state index contributed by atoms with van der Waals surface area (Å²) >= 11 is 9.39. The van der Waals surface area contributed by atoms with Crippen LogP contribution in [0.5, 0.6) is 11.5 Å². The van der Waals surface area contributed by atoms with Gasteiger partial charge in [-0.2, -0.15) is 0 Å². The van der Waals surface area contributed by atoms with E-state index < -0.39 is 11.7 Å². The lowest BCUT2D eigenvalue weighted by molar-refractivity contribution is -0.113. The molecular formula is C17H14BrClFNO3. The topological polar surface area (TPSA) is 61.5 Å². The van der Waals surface area contributed by atoms with Gasteiger partial charge in [0.2, 0.25) is 5.91 Å². The van der Waals surface area contributed by atoms with Crippen LogP contribution in [0.15, 0.2) is 40.9 Å². The molecule has 4 nitrogen and oxygen atoms in total. The molecule has 24 heavy (non-hydrogen) atoms. The van der Waals surface area contributed by atoms with Crippen LogP contribution < -0.4 is 15.2 Å². The van der Waals surface area contributed by atoms with Crippen LogP contribution in [0.4, 0.5) is 4.39 Å². The van der Waals surface area contributed by atoms with Gasteiger partial charge in [-0.3, -0.25) is 4.79 Å². The van der Waals surface area contributed by atoms with Crippen molar-refractivity contribution in [2.75, 3.05) is 7.11 Å². The third-order valence-electron chi connectivity index (χ3n) is 3.08. The minimum Gasteiger partial charge on any atom is -0.493 e. The predicted octanol–water partition coefficient (Wildman–Crippen LogP) is 4.33. The second kappa shape index (κ2) is 8.17. The summed E-state index contributed by atoms with van der Waals surface area (Å²) in [6.07, 6.45) is 2.82. The summed E-state index contributed by atoms with van der Waals surface area (Å²) in [6, 6.07) is 7.55. The lowest BCUT2D eigenvalue weighted by atomic mass is 10.2. The molecule has 0 fully saturated rings. The quantitative estimate of drug-likeness (QED) is 0.716. The molecule has 0 aliphatic heterocycles. The maximum atomic E-state index is 13.1. The minimum absolute atomic E-state index is 0.143. The van der Waals surface area contributed by atoms with Crippen LogP contribution in [-0.2, 0) is 11.4 Å². The first-order chi connectivity index (χ1) is 11.4. The van der Waals surface area contributed by atoms with Gasteiger partial charge in [-0.05, 0) is 51.8 Å². The van der Waals surface area contributed by atoms with Crippen molar-refractivity contribution in [3.8, 4) is 11.5 Å². The highest BCUT2D eigenvalue weighted by atomic mass is 79.9. The Hall–Kier alpha value is -2.05. The molecule has 0 aliphatic carbocycles. The number of hydrogen-bond acceptors (Lipinski definition) is 3. The molecule has 1 amide bonds. The molecule has 0 aliphatic rings. The summed E-state index contributed by atoms with van der Waals surface area (Å²) in [4.78, 5) is 10.8. The fraction of sp³-hybridized carbons (Fsp3) is 0.118. The maximum absolute atomic E-state index is 13.1. The molecular weight excluding hydrogens is 401 g/mol. The van der Waals surface area contributed by atoms with Gasteiger partial charge < -0.3 is 15.2 Å². The summed E-state index contributed by atoms with van der Waals surface area (Å²) in [5.74, 6) is -0.0229. The van der Waals surface area contributed by atoms with E-state index in [-0.39, 0.29) is 11.6 Å². The number of nitrogens with two attached hydrogens (primary N) is 1. The Balaban J connectivity index is 2.24. The minimum atomic E-state index is -0.545. The second-order valence-electron chi connectivity index (χ2n) is 4.79. The molecule has 7 heteroatoms. The van der Waals surface area contributed by atoms with E-state index in [1.165, 1.54) is 25.3 Å². The number of amides is 1. The largest absolute Gasteiger partial charge is 0.493 e. The lowest BCUT2D eigenvalue weighted by Crippen LogP contribution is -2.05. The summed E-state index contributed by atoms with van der Waals surface area (Å²) in [6.45, 7) is 0.143. The van der Waals surface area contributed by atoms with Gasteiger partial charge in [-0.25, -0.2) is 4.39 Å². The van der Waals surface area contributed by atoms with Crippen molar-refractivity contribution >= 4 is 39.5 Å². The number of benzene rings is 2. The van der Waals surface area contributed by atoms with Gasteiger partial charge in [0, 0.05) is 11.6 Å². The highest BCUT2D eigenvalue weighted by Crippen LogP contribution is 2.37. The van der Waals surface area contributed by atoms with E-state index in [0.29, 0.717) is 27.1 Å². The molecule has 0 aromatic heterocycles. The molecule has 0 spiro atoms. The highest BCUT2D eigenvalue weighted by molar-refractivity contribution is 9.10. The van der Waals surface area contributed by atoms with Crippen LogP contribution in [0.25, 0.3) is 6.08 Å². The average Bonchev–Trinajstić information content (AvgIpc) is 2.52. The third-order valence-corrected chi connectivity index (χ3v) is 4.02. The van der Waals surface area contributed by atoms with Crippen molar-refractivity contribution in [3.63, 3.8) is 0 Å². The summed E-state index contributed by atoms with van der Waals surface area (Å²) in [5.41, 5.74) is 6.44. The van der Waals surface area contributed by atoms with Crippen LogP contribution in [-0.4, -0.2) is 13.0 Å². The number of halogens is 3. The molecule has 0 radical (unpaired) electrons. The van der Waals surface area contributed by atoms with Crippen LogP contribution in [0.3, 0.4) is 0 Å². The van der Waals surface area contributed by atoms with E-state index in [1.807, 2.05) is 0 Å². The molecule has 2 rings (SSSR count). The van der Waals surface area contributed by atoms with Crippen LogP contribution in [0.2, 0.25) is 5.02 Å². The van der Waals surface area contributed by atoms with Crippen molar-refractivity contribution < 1.29 is 18.7 Å². The van der Waals surface area contributed by atoms with E-state index in [4.69, 9.17) is 26.8 Å². The van der Waals surface area contributed by atoms with Gasteiger partial charge in [0.25, 0.3) is 0 Å². The Morgan fingerprint density at radius 2 is 2.12 bits per heavy atom. The molecule has 0 heterocycles. The maximum Gasteiger partial charge on any atom is 0.241 e. The number of hydrogen-bond donors (Lipinski definition) is 1. The van der Waals surface area contributed by atoms with Gasteiger partial charge in [-0.15, -0.1) is 0 Å². The number of rotatable bonds is 6. The van der Waals surface area contributed by atoms with Crippen molar-refractivity contribution in [1.29, 1.82) is 0 Å². The van der Waals surface area contributed by atoms with Crippen molar-refractivity contribution in [2.24, 2.45) is 5.73 Å². The molecule has 2 aromatic carbocycles. The Kier molecular flexibility index (Phi) is 6.23. The average molecular weight is 415 g/mol. The molecule has 0 unspecified atom stereocenters. The highest BCUT2D eigenvalue weighted by Gasteiger charge is 2.12. The summed E-state index contributed by atoms with van der Waals surface area (Å²) in [5, 5.41) is 0.283. The number of methoxy groups -OCH3 is 1. The van der Waals surface area contributed by atoms with E-state index in [0.717, 1.165) is 0 Å². The SMILES string of the molecule is COc1cc(/C=C/C(N)=O)cc(Br)c1OCc1ccc(F)cc1Cl. The molecule has 2 N–H and O–H groups in total. The van der Waals surface area contributed by atoms with Crippen molar-refractivity contribution in [3.05, 3.63) is 62.8 Å². The Morgan fingerprint density at radius 3 is 2.75 bits per heavy atom. The number of primary amides is 1. The smallest absolute Gasteiger partial charge is 0.241 e. The van der Waals surface area contributed by atoms with E-state index in [1.54, 1.807) is 24.3 Å². The molecule has 0 bridgehead atoms. The first-order valence-electron chi connectivity index (χ1n) is 6.82. The van der Waals surface area contributed by atoms with Crippen LogP contribution in [0, 0.1) is 5.82 Å². The first-order valence-corrected chi connectivity index (χ1v) is 7.99. The van der Waals surface area contributed by atoms with Crippen molar-refractivity contribution in [2.45, 2.75) is 6.61 Å². The standard InChI is InChI=1S/C17H14BrClFNO3/c1-23-15-7-10(2-5-16(21)22)6-13(18)17(15)24-9-11-3-4-12(20)8-14(11)19/h2-8H,9H2,1H3,(H2,21,22)/b5-2+. The van der Waals surface area contributed by atoms with Gasteiger partial charge >= 0.3 is 0 Å². The molecule has 126 valence electrons. The fourth-order valence-electron chi connectivity index (χ4n) is 1.94. The zero-order chi connectivity index (χ0) is 17.7. The molecule has 0 atom stereocenters. The van der Waals surface area contributed by atoms with Crippen LogP contribution in [0.1, 0.15) is 11.1 Å². The fourth-order valence-corrected chi connectivity index (χ4v) is 2.74. The van der Waals surface area contributed by atoms with Gasteiger partial charge in [-0.1, -0.05) is 17.7 Å². The Labute approximate surface area is 152 Å². The monoisotopic (exact) mass is 413 g/mol. The van der Waals surface area contributed by atoms with Crippen LogP contribution >= 0.6 is 27.5 Å². The zero-order valence-electron chi connectivity index (χ0n) is 12.7. The van der Waals surface area contributed by atoms with E-state index >= 15 is 0 Å². The van der Waals surface area contributed by atoms with Gasteiger partial charge in [0.05, 0.1) is 16.6 Å². The Morgan fingerprint density at radius 1 is 1.38 bits per heavy atom. The number of carbonyl (C=O) groups excluding carboxylic acids is 1. The lowest BCUT2D eigenvalue weighted by Gasteiger charge is -2.14. The predicted molar refractivity (Wildman–Crippen MR) is 94.7 cm³/mol. The summed E-state index contributed by atoms with van der Waals surface area (Å²) < 4.78 is 24.8. The van der Waals surface area contributed by atoms with E-state index in [9.17, 15) is 9.18 Å². The second-order valence-corrected chi connectivity index (χ2v) is 6.06. The number of ether oxygens (including phenoxy) is 2. The zero-order valence-corrected chi connectivity index (χ0v) is 15.0. The first kappa shape index (κ1) is 18.3. The summed E-state index contributed by atoms with van der Waals surface area (Å²) in [7, 11) is 1.50. The normalized spacial score (nSPS) is 10.8. The Bertz CT molecular complexity index is 796. The molecule has 0 saturated carbocycles. The molecule has 2 aromatic rings. The van der Waals surface area contributed by atoms with E-state index in [2.05, 4.69) is 15.9 Å². The molecule has 0 saturated heterocycles. The van der Waals surface area contributed by atoms with Crippen molar-refractivity contribution in [1.82, 2.24) is 0 Å². The van der Waals surface area contributed by atoms with Gasteiger partial charge in [0.1, 0.15) is 12.4 Å². The number of carbonyl (C=O) groups is 1.